The Labute approximate surface area is 186 Å². The molecule has 0 aromatic heterocycles. The SMILES string of the molecule is C[SiH2]OC(O[SiH2]C)C(C)(C)[C@H]1CN(Cc2ccccc2)C[C@@H]1NC(=O)OC(C)(C)C. The van der Waals surface area contributed by atoms with E-state index < -0.39 is 25.1 Å². The van der Waals surface area contributed by atoms with Gasteiger partial charge in [0, 0.05) is 37.0 Å². The molecule has 1 saturated heterocycles. The largest absolute Gasteiger partial charge is 0.444 e. The number of hydrogen-bond donors (Lipinski definition) is 1. The fourth-order valence-corrected chi connectivity index (χ4v) is 6.02. The first kappa shape index (κ1) is 25.1. The smallest absolute Gasteiger partial charge is 0.407 e. The van der Waals surface area contributed by atoms with Crippen molar-refractivity contribution in [2.45, 2.75) is 72.2 Å². The minimum absolute atomic E-state index is 0.0229. The van der Waals surface area contributed by atoms with Crippen LogP contribution in [0.2, 0.25) is 13.1 Å². The van der Waals surface area contributed by atoms with Crippen LogP contribution in [0.4, 0.5) is 4.79 Å². The van der Waals surface area contributed by atoms with Crippen LogP contribution in [0, 0.1) is 11.3 Å². The van der Waals surface area contributed by atoms with Gasteiger partial charge in [-0.1, -0.05) is 57.3 Å². The first-order valence-corrected chi connectivity index (χ1v) is 15.0. The number of alkyl carbamates (subject to hydrolysis) is 1. The van der Waals surface area contributed by atoms with E-state index in [4.69, 9.17) is 13.6 Å². The first-order valence-electron chi connectivity index (χ1n) is 11.1. The summed E-state index contributed by atoms with van der Waals surface area (Å²) in [5.41, 5.74) is 0.531. The Morgan fingerprint density at radius 2 is 1.70 bits per heavy atom. The lowest BCUT2D eigenvalue weighted by Gasteiger charge is -2.41. The normalized spacial score (nSPS) is 22.2. The van der Waals surface area contributed by atoms with Crippen LogP contribution < -0.4 is 5.32 Å². The molecule has 0 unspecified atom stereocenters. The van der Waals surface area contributed by atoms with Crippen molar-refractivity contribution in [3.8, 4) is 0 Å². The third kappa shape index (κ3) is 7.20. The molecular formula is C22H40N2O4Si2. The summed E-state index contributed by atoms with van der Waals surface area (Å²) in [6.45, 7) is 16.9. The summed E-state index contributed by atoms with van der Waals surface area (Å²) in [6.07, 6.45) is -0.571. The lowest BCUT2D eigenvalue weighted by atomic mass is 9.75. The number of ether oxygens (including phenoxy) is 1. The van der Waals surface area contributed by atoms with Crippen LogP contribution in [0.3, 0.4) is 0 Å². The Morgan fingerprint density at radius 3 is 2.23 bits per heavy atom. The Kier molecular flexibility index (Phi) is 9.11. The van der Waals surface area contributed by atoms with Gasteiger partial charge in [-0.2, -0.15) is 0 Å². The Hall–Kier alpha value is -1.20. The van der Waals surface area contributed by atoms with Crippen LogP contribution in [-0.2, 0) is 20.1 Å². The second-order valence-electron chi connectivity index (χ2n) is 9.60. The molecule has 1 aromatic rings. The molecular weight excluding hydrogens is 412 g/mol. The Bertz CT molecular complexity index is 661. The van der Waals surface area contributed by atoms with Gasteiger partial charge in [0.15, 0.2) is 19.5 Å². The highest BCUT2D eigenvalue weighted by Crippen LogP contribution is 2.39. The zero-order valence-electron chi connectivity index (χ0n) is 19.7. The van der Waals surface area contributed by atoms with Gasteiger partial charge < -0.3 is 18.9 Å². The van der Waals surface area contributed by atoms with E-state index in [1.807, 2.05) is 26.8 Å². The van der Waals surface area contributed by atoms with Crippen molar-refractivity contribution < 1.29 is 18.4 Å². The average Bonchev–Trinajstić information content (AvgIpc) is 3.03. The summed E-state index contributed by atoms with van der Waals surface area (Å²) in [7, 11) is -1.22. The summed E-state index contributed by atoms with van der Waals surface area (Å²) in [5.74, 6) is 0.194. The average molecular weight is 453 g/mol. The maximum atomic E-state index is 12.6. The molecule has 8 heteroatoms. The molecule has 1 N–H and O–H groups in total. The fourth-order valence-electron chi connectivity index (χ4n) is 4.17. The second-order valence-corrected chi connectivity index (χ2v) is 11.4. The van der Waals surface area contributed by atoms with E-state index in [0.29, 0.717) is 0 Å². The third-order valence-electron chi connectivity index (χ3n) is 5.55. The molecule has 0 spiro atoms. The van der Waals surface area contributed by atoms with Crippen molar-refractivity contribution in [2.24, 2.45) is 11.3 Å². The predicted octanol–water partition coefficient (Wildman–Crippen LogP) is 2.66. The lowest BCUT2D eigenvalue weighted by Crippen LogP contribution is -2.51. The number of carbonyl (C=O) groups is 1. The third-order valence-corrected chi connectivity index (χ3v) is 6.82. The maximum absolute atomic E-state index is 12.6. The highest BCUT2D eigenvalue weighted by Gasteiger charge is 2.47. The number of rotatable bonds is 9. The molecule has 1 fully saturated rings. The van der Waals surface area contributed by atoms with E-state index in [1.54, 1.807) is 0 Å². The molecule has 1 amide bonds. The first-order chi connectivity index (χ1) is 14.1. The van der Waals surface area contributed by atoms with Gasteiger partial charge in [-0.25, -0.2) is 4.79 Å². The zero-order chi connectivity index (χ0) is 22.4. The van der Waals surface area contributed by atoms with Crippen molar-refractivity contribution in [1.82, 2.24) is 10.2 Å². The van der Waals surface area contributed by atoms with Crippen molar-refractivity contribution in [1.29, 1.82) is 0 Å². The van der Waals surface area contributed by atoms with Crippen molar-refractivity contribution in [3.05, 3.63) is 35.9 Å². The Morgan fingerprint density at radius 1 is 1.10 bits per heavy atom. The van der Waals surface area contributed by atoms with E-state index in [0.717, 1.165) is 19.6 Å². The molecule has 0 bridgehead atoms. The summed E-state index contributed by atoms with van der Waals surface area (Å²) in [6, 6.07) is 10.4. The minimum atomic E-state index is -0.611. The molecule has 1 aromatic carbocycles. The van der Waals surface area contributed by atoms with Gasteiger partial charge in [0.1, 0.15) is 11.9 Å². The van der Waals surface area contributed by atoms with Gasteiger partial charge in [-0.05, 0) is 26.3 Å². The standard InChI is InChI=1S/C22H40N2O4Si2/c1-21(2,3)26-20(25)23-18-15-24(13-16-11-9-8-10-12-16)14-17(18)22(4,5)19(27-29-6)28-30-7/h8-12,17-19H,13-15,29-30H2,1-7H3,(H,23,25)/t17-,18-/m0/s1. The van der Waals surface area contributed by atoms with Gasteiger partial charge in [-0.3, -0.25) is 4.90 Å². The number of nitrogens with one attached hydrogen (secondary N) is 1. The molecule has 1 heterocycles. The van der Waals surface area contributed by atoms with Crippen LogP contribution in [-0.4, -0.2) is 61.5 Å². The Balaban J connectivity index is 2.21. The number of amides is 1. The van der Waals surface area contributed by atoms with Gasteiger partial charge >= 0.3 is 6.09 Å². The monoisotopic (exact) mass is 452 g/mol. The van der Waals surface area contributed by atoms with Crippen molar-refractivity contribution in [2.75, 3.05) is 13.1 Å². The van der Waals surface area contributed by atoms with Crippen LogP contribution in [0.15, 0.2) is 30.3 Å². The molecule has 2 rings (SSSR count). The number of nitrogens with zero attached hydrogens (tertiary/aromatic N) is 1. The predicted molar refractivity (Wildman–Crippen MR) is 127 cm³/mol. The lowest BCUT2D eigenvalue weighted by molar-refractivity contribution is -0.106. The highest BCUT2D eigenvalue weighted by molar-refractivity contribution is 6.26. The molecule has 0 radical (unpaired) electrons. The highest BCUT2D eigenvalue weighted by atomic mass is 28.2. The van der Waals surface area contributed by atoms with Gasteiger partial charge in [0.2, 0.25) is 0 Å². The van der Waals surface area contributed by atoms with E-state index in [-0.39, 0.29) is 29.8 Å². The van der Waals surface area contributed by atoms with E-state index in [2.05, 4.69) is 61.4 Å². The summed E-state index contributed by atoms with van der Waals surface area (Å²) in [5, 5.41) is 3.16. The van der Waals surface area contributed by atoms with Gasteiger partial charge in [0.25, 0.3) is 0 Å². The molecule has 1 aliphatic heterocycles. The maximum Gasteiger partial charge on any atom is 0.407 e. The molecule has 6 nitrogen and oxygen atoms in total. The molecule has 170 valence electrons. The zero-order valence-corrected chi connectivity index (χ0v) is 22.6. The van der Waals surface area contributed by atoms with Crippen LogP contribution in [0.5, 0.6) is 0 Å². The molecule has 2 atom stereocenters. The van der Waals surface area contributed by atoms with Gasteiger partial charge in [-0.15, -0.1) is 0 Å². The van der Waals surface area contributed by atoms with Crippen LogP contribution in [0.1, 0.15) is 40.2 Å². The fraction of sp³-hybridized carbons (Fsp3) is 0.682. The topological polar surface area (TPSA) is 60.0 Å². The number of carbonyl (C=O) groups excluding carboxylic acids is 1. The molecule has 1 aliphatic rings. The van der Waals surface area contributed by atoms with E-state index >= 15 is 0 Å². The second kappa shape index (κ2) is 10.9. The molecule has 30 heavy (non-hydrogen) atoms. The van der Waals surface area contributed by atoms with Crippen molar-refractivity contribution >= 4 is 25.6 Å². The summed E-state index contributed by atoms with van der Waals surface area (Å²) >= 11 is 0. The van der Waals surface area contributed by atoms with E-state index in [9.17, 15) is 4.79 Å². The molecule has 0 saturated carbocycles. The quantitative estimate of drug-likeness (QED) is 0.461. The number of likely N-dealkylation sites (tertiary alicyclic amines) is 1. The molecule has 0 aliphatic carbocycles. The van der Waals surface area contributed by atoms with Crippen LogP contribution >= 0.6 is 0 Å². The van der Waals surface area contributed by atoms with Crippen molar-refractivity contribution in [3.63, 3.8) is 0 Å². The summed E-state index contributed by atoms with van der Waals surface area (Å²) in [4.78, 5) is 15.0. The summed E-state index contributed by atoms with van der Waals surface area (Å²) < 4.78 is 17.8. The minimum Gasteiger partial charge on any atom is -0.444 e. The number of benzene rings is 1. The van der Waals surface area contributed by atoms with Gasteiger partial charge in [0.05, 0.1) is 0 Å². The number of hydrogen-bond acceptors (Lipinski definition) is 5. The van der Waals surface area contributed by atoms with E-state index in [1.165, 1.54) is 5.56 Å². The van der Waals surface area contributed by atoms with Crippen LogP contribution in [0.25, 0.3) is 0 Å².